The molecule has 0 aliphatic carbocycles. The molecule has 1 saturated heterocycles. The Balaban J connectivity index is 1.22. The Kier molecular flexibility index (Phi) is 8.32. The number of fused-ring (bicyclic) bond motifs is 2. The van der Waals surface area contributed by atoms with Crippen LogP contribution in [0.2, 0.25) is 5.02 Å². The molecule has 38 heavy (non-hydrogen) atoms. The maximum Gasteiger partial charge on any atom is 0.419 e. The minimum Gasteiger partial charge on any atom is -0.424 e. The average molecular weight is 574 g/mol. The molecule has 0 spiro atoms. The van der Waals surface area contributed by atoms with E-state index in [4.69, 9.17) is 20.7 Å². The fourth-order valence-corrected chi connectivity index (χ4v) is 6.41. The predicted molar refractivity (Wildman–Crippen MR) is 156 cm³/mol. The van der Waals surface area contributed by atoms with Crippen molar-refractivity contribution in [3.63, 3.8) is 0 Å². The van der Waals surface area contributed by atoms with Gasteiger partial charge in [-0.25, -0.2) is 4.79 Å². The van der Waals surface area contributed by atoms with Crippen LogP contribution in [0.15, 0.2) is 36.4 Å². The van der Waals surface area contributed by atoms with Gasteiger partial charge in [0.05, 0.1) is 16.8 Å². The Labute approximate surface area is 236 Å². The van der Waals surface area contributed by atoms with E-state index < -0.39 is 12.3 Å². The zero-order valence-electron chi connectivity index (χ0n) is 21.8. The second kappa shape index (κ2) is 11.7. The van der Waals surface area contributed by atoms with Crippen LogP contribution in [-0.2, 0) is 22.4 Å². The van der Waals surface area contributed by atoms with Crippen LogP contribution in [0.1, 0.15) is 25.0 Å². The van der Waals surface area contributed by atoms with Crippen molar-refractivity contribution in [2.24, 2.45) is 5.92 Å². The van der Waals surface area contributed by atoms with Crippen molar-refractivity contribution in [3.05, 3.63) is 52.5 Å². The van der Waals surface area contributed by atoms with Gasteiger partial charge in [-0.2, -0.15) is 4.37 Å². The third kappa shape index (κ3) is 5.59. The lowest BCUT2D eigenvalue weighted by molar-refractivity contribution is -0.119. The number of carbonyl (C=O) groups is 2. The van der Waals surface area contributed by atoms with Crippen LogP contribution in [0.3, 0.4) is 0 Å². The summed E-state index contributed by atoms with van der Waals surface area (Å²) >= 11 is 9.44. The minimum atomic E-state index is -0.705. The summed E-state index contributed by atoms with van der Waals surface area (Å²) in [7, 11) is 0. The number of anilines is 2. The first-order valence-corrected chi connectivity index (χ1v) is 15.2. The number of carbonyl (C=O) groups excluding carboxylic acids is 2. The number of rotatable bonds is 8. The number of nitrogens with zero attached hydrogens (tertiary/aromatic N) is 4. The molecule has 3 heterocycles. The molecule has 11 heteroatoms. The quantitative estimate of drug-likeness (QED) is 0.372. The van der Waals surface area contributed by atoms with Crippen molar-refractivity contribution in [1.29, 1.82) is 0 Å². The number of aromatic nitrogens is 1. The molecule has 1 atom stereocenters. The molecule has 0 bridgehead atoms. The molecule has 0 radical (unpaired) electrons. The maximum absolute atomic E-state index is 13.0. The van der Waals surface area contributed by atoms with Gasteiger partial charge in [-0.15, -0.1) is 0 Å². The number of benzene rings is 2. The van der Waals surface area contributed by atoms with Gasteiger partial charge in [-0.1, -0.05) is 55.6 Å². The topological polar surface area (TPSA) is 78.0 Å². The van der Waals surface area contributed by atoms with Crippen LogP contribution in [0, 0.1) is 5.92 Å². The third-order valence-corrected chi connectivity index (χ3v) is 8.62. The molecule has 2 aliphatic heterocycles. The largest absolute Gasteiger partial charge is 0.424 e. The van der Waals surface area contributed by atoms with Gasteiger partial charge in [-0.05, 0) is 47.3 Å². The molecule has 1 fully saturated rings. The van der Waals surface area contributed by atoms with Crippen molar-refractivity contribution >= 4 is 68.7 Å². The molecule has 1 unspecified atom stereocenters. The minimum absolute atomic E-state index is 0.0862. The van der Waals surface area contributed by atoms with Gasteiger partial charge in [0.1, 0.15) is 5.82 Å². The van der Waals surface area contributed by atoms with E-state index in [0.717, 1.165) is 73.7 Å². The maximum atomic E-state index is 13.0. The molecule has 2 aliphatic rings. The van der Waals surface area contributed by atoms with Crippen molar-refractivity contribution in [1.82, 2.24) is 14.0 Å². The van der Waals surface area contributed by atoms with Gasteiger partial charge in [0.15, 0.2) is 6.23 Å². The second-order valence-corrected chi connectivity index (χ2v) is 11.8. The Bertz CT molecular complexity index is 1330. The van der Waals surface area contributed by atoms with Crippen LogP contribution in [0.5, 0.6) is 0 Å². The standard InChI is InChI=1S/C27H32ClN5O3S2/c1-17(2)26(36-27(35)30-37-3)33-22-16-21(28)18(14-19(22)15-24(33)34)8-9-31-10-12-32(13-11-31)25-20-6-4-5-7-23(20)38-29-25/h4-7,14,16-17,26H,8-13,15H2,1-3H3,(H,30,35). The molecule has 8 nitrogen and oxygen atoms in total. The summed E-state index contributed by atoms with van der Waals surface area (Å²) in [5.74, 6) is 0.919. The summed E-state index contributed by atoms with van der Waals surface area (Å²) in [6.45, 7) is 8.56. The summed E-state index contributed by atoms with van der Waals surface area (Å²) in [6, 6.07) is 12.3. The molecule has 5 rings (SSSR count). The average Bonchev–Trinajstić information content (AvgIpc) is 3.46. The molecular weight excluding hydrogens is 542 g/mol. The predicted octanol–water partition coefficient (Wildman–Crippen LogP) is 5.19. The zero-order chi connectivity index (χ0) is 26.8. The molecule has 2 amide bonds. The van der Waals surface area contributed by atoms with Gasteiger partial charge in [0.25, 0.3) is 0 Å². The highest BCUT2D eigenvalue weighted by Crippen LogP contribution is 2.37. The first-order valence-electron chi connectivity index (χ1n) is 12.8. The molecule has 1 aromatic heterocycles. The van der Waals surface area contributed by atoms with Gasteiger partial charge in [0.2, 0.25) is 5.91 Å². The smallest absolute Gasteiger partial charge is 0.419 e. The van der Waals surface area contributed by atoms with E-state index in [0.29, 0.717) is 5.02 Å². The van der Waals surface area contributed by atoms with Crippen molar-refractivity contribution in [2.75, 3.05) is 48.8 Å². The van der Waals surface area contributed by atoms with Crippen molar-refractivity contribution in [2.45, 2.75) is 32.9 Å². The molecule has 3 aromatic rings. The van der Waals surface area contributed by atoms with Gasteiger partial charge < -0.3 is 9.64 Å². The number of hydrogen-bond donors (Lipinski definition) is 1. The van der Waals surface area contributed by atoms with E-state index in [1.807, 2.05) is 26.0 Å². The number of halogens is 1. The van der Waals surface area contributed by atoms with E-state index in [-0.39, 0.29) is 18.2 Å². The highest BCUT2D eigenvalue weighted by molar-refractivity contribution is 7.97. The normalized spacial score (nSPS) is 16.8. The molecular formula is C27H32ClN5O3S2. The number of hydrogen-bond acceptors (Lipinski definition) is 8. The fraction of sp³-hybridized carbons (Fsp3) is 0.444. The molecule has 2 aromatic carbocycles. The number of nitrogens with one attached hydrogen (secondary N) is 1. The van der Waals surface area contributed by atoms with E-state index in [9.17, 15) is 9.59 Å². The number of amides is 2. The van der Waals surface area contributed by atoms with E-state index in [2.05, 4.69) is 38.8 Å². The van der Waals surface area contributed by atoms with Gasteiger partial charge in [-0.3, -0.25) is 19.3 Å². The monoisotopic (exact) mass is 573 g/mol. The highest BCUT2D eigenvalue weighted by Gasteiger charge is 2.37. The molecule has 1 N–H and O–H groups in total. The van der Waals surface area contributed by atoms with E-state index in [1.54, 1.807) is 22.7 Å². The molecule has 202 valence electrons. The van der Waals surface area contributed by atoms with Crippen LogP contribution >= 0.6 is 35.1 Å². The van der Waals surface area contributed by atoms with Crippen LogP contribution in [0.4, 0.5) is 16.3 Å². The first kappa shape index (κ1) is 27.1. The Hall–Kier alpha value is -2.53. The highest BCUT2D eigenvalue weighted by atomic mass is 35.5. The van der Waals surface area contributed by atoms with Crippen molar-refractivity contribution < 1.29 is 14.3 Å². The second-order valence-electron chi connectivity index (χ2n) is 9.94. The summed E-state index contributed by atoms with van der Waals surface area (Å²) in [6.07, 6.45) is 1.55. The van der Waals surface area contributed by atoms with E-state index in [1.165, 1.54) is 10.1 Å². The van der Waals surface area contributed by atoms with Gasteiger partial charge >= 0.3 is 6.09 Å². The first-order chi connectivity index (χ1) is 18.4. The Morgan fingerprint density at radius 2 is 1.97 bits per heavy atom. The third-order valence-electron chi connectivity index (χ3n) is 7.08. The number of piperazine rings is 1. The summed E-state index contributed by atoms with van der Waals surface area (Å²) in [4.78, 5) is 31.5. The fourth-order valence-electron chi connectivity index (χ4n) is 5.14. The molecule has 0 saturated carbocycles. The van der Waals surface area contributed by atoms with Crippen LogP contribution in [0.25, 0.3) is 10.1 Å². The van der Waals surface area contributed by atoms with Crippen LogP contribution in [-0.4, -0.2) is 66.5 Å². The SMILES string of the molecule is CSNC(=O)OC(C(C)C)N1C(=O)Cc2cc(CCN3CCN(c4nsc5ccccc45)CC3)c(Cl)cc21. The zero-order valence-corrected chi connectivity index (χ0v) is 24.2. The number of ether oxygens (including phenoxy) is 1. The lowest BCUT2D eigenvalue weighted by atomic mass is 10.0. The Morgan fingerprint density at radius 3 is 2.71 bits per heavy atom. The summed E-state index contributed by atoms with van der Waals surface area (Å²) in [5.41, 5.74) is 2.69. The van der Waals surface area contributed by atoms with Gasteiger partial charge in [0, 0.05) is 55.3 Å². The Morgan fingerprint density at radius 1 is 1.21 bits per heavy atom. The van der Waals surface area contributed by atoms with E-state index >= 15 is 0 Å². The lowest BCUT2D eigenvalue weighted by Gasteiger charge is -2.35. The summed E-state index contributed by atoms with van der Waals surface area (Å²) < 4.78 is 14.1. The van der Waals surface area contributed by atoms with Crippen LogP contribution < -0.4 is 14.5 Å². The lowest BCUT2D eigenvalue weighted by Crippen LogP contribution is -2.47. The summed E-state index contributed by atoms with van der Waals surface area (Å²) in [5, 5.41) is 1.86. The van der Waals surface area contributed by atoms with Crippen molar-refractivity contribution in [3.8, 4) is 0 Å².